The van der Waals surface area contributed by atoms with Crippen LogP contribution in [0, 0.1) is 0 Å². The van der Waals surface area contributed by atoms with Crippen molar-refractivity contribution in [2.75, 3.05) is 6.61 Å². The molecule has 1 aliphatic carbocycles. The first-order valence-electron chi connectivity index (χ1n) is 9.07. The normalized spacial score (nSPS) is 14.7. The number of nitrogens with zero attached hydrogens (tertiary/aromatic N) is 1. The molecule has 0 aliphatic heterocycles. The number of aryl methyl sites for hydroxylation is 2. The number of hydrogen-bond acceptors (Lipinski definition) is 4. The molecule has 26 heavy (non-hydrogen) atoms. The quantitative estimate of drug-likeness (QED) is 0.756. The summed E-state index contributed by atoms with van der Waals surface area (Å²) in [6.45, 7) is 1.93. The Labute approximate surface area is 152 Å². The minimum absolute atomic E-state index is 0.0129. The summed E-state index contributed by atoms with van der Waals surface area (Å²) in [7, 11) is 0. The van der Waals surface area contributed by atoms with Crippen LogP contribution >= 0.6 is 0 Å². The van der Waals surface area contributed by atoms with Gasteiger partial charge in [0.05, 0.1) is 6.04 Å². The molecule has 1 amide bonds. The van der Waals surface area contributed by atoms with E-state index in [1.54, 1.807) is 12.4 Å². The highest BCUT2D eigenvalue weighted by atomic mass is 16.5. The molecule has 1 aliphatic rings. The number of amides is 1. The van der Waals surface area contributed by atoms with E-state index in [-0.39, 0.29) is 18.6 Å². The third-order valence-corrected chi connectivity index (χ3v) is 4.88. The van der Waals surface area contributed by atoms with Gasteiger partial charge >= 0.3 is 0 Å². The molecule has 0 saturated heterocycles. The Morgan fingerprint density at radius 2 is 2.04 bits per heavy atom. The predicted molar refractivity (Wildman–Crippen MR) is 99.1 cm³/mol. The van der Waals surface area contributed by atoms with Crippen LogP contribution in [0.1, 0.15) is 42.7 Å². The van der Waals surface area contributed by atoms with Crippen LogP contribution in [0.2, 0.25) is 0 Å². The average molecular weight is 350 g/mol. The second-order valence-electron chi connectivity index (χ2n) is 6.73. The molecule has 2 heterocycles. The zero-order valence-corrected chi connectivity index (χ0v) is 14.8. The number of ether oxygens (including phenoxy) is 1. The molecule has 4 rings (SSSR count). The van der Waals surface area contributed by atoms with Crippen molar-refractivity contribution in [1.82, 2.24) is 10.3 Å². The molecule has 0 fully saturated rings. The topological polar surface area (TPSA) is 64.4 Å². The standard InChI is InChI=1S/C21H22N2O3/c1-14(15-8-10-22-11-9-15)23-21(24)13-25-16-6-7-20-18(12-16)17-4-2-3-5-19(17)26-20/h6-12,14H,2-5,13H2,1H3,(H,23,24). The summed E-state index contributed by atoms with van der Waals surface area (Å²) in [5.41, 5.74) is 3.22. The zero-order chi connectivity index (χ0) is 17.9. The first-order valence-corrected chi connectivity index (χ1v) is 9.07. The van der Waals surface area contributed by atoms with Crippen LogP contribution in [-0.2, 0) is 17.6 Å². The van der Waals surface area contributed by atoms with E-state index in [0.717, 1.165) is 35.1 Å². The summed E-state index contributed by atoms with van der Waals surface area (Å²) >= 11 is 0. The fourth-order valence-electron chi connectivity index (χ4n) is 3.50. The predicted octanol–water partition coefficient (Wildman–Crippen LogP) is 3.96. The van der Waals surface area contributed by atoms with E-state index in [0.29, 0.717) is 5.75 Å². The highest BCUT2D eigenvalue weighted by Gasteiger charge is 2.18. The van der Waals surface area contributed by atoms with Crippen LogP contribution in [-0.4, -0.2) is 17.5 Å². The van der Waals surface area contributed by atoms with Crippen molar-refractivity contribution in [3.63, 3.8) is 0 Å². The number of nitrogens with one attached hydrogen (secondary N) is 1. The number of aromatic nitrogens is 1. The van der Waals surface area contributed by atoms with E-state index in [4.69, 9.17) is 9.15 Å². The van der Waals surface area contributed by atoms with Gasteiger partial charge in [-0.2, -0.15) is 0 Å². The molecule has 0 spiro atoms. The van der Waals surface area contributed by atoms with Crippen molar-refractivity contribution >= 4 is 16.9 Å². The number of rotatable bonds is 5. The summed E-state index contributed by atoms with van der Waals surface area (Å²) in [5, 5.41) is 4.05. The lowest BCUT2D eigenvalue weighted by Crippen LogP contribution is -2.31. The van der Waals surface area contributed by atoms with Crippen LogP contribution in [0.15, 0.2) is 47.1 Å². The van der Waals surface area contributed by atoms with Crippen molar-refractivity contribution in [1.29, 1.82) is 0 Å². The Bertz CT molecular complexity index is 918. The third kappa shape index (κ3) is 3.43. The minimum Gasteiger partial charge on any atom is -0.484 e. The van der Waals surface area contributed by atoms with E-state index < -0.39 is 0 Å². The van der Waals surface area contributed by atoms with E-state index in [2.05, 4.69) is 10.3 Å². The minimum atomic E-state index is -0.149. The van der Waals surface area contributed by atoms with E-state index in [1.807, 2.05) is 37.3 Å². The highest BCUT2D eigenvalue weighted by molar-refractivity contribution is 5.84. The molecule has 2 aromatic heterocycles. The van der Waals surface area contributed by atoms with Gasteiger partial charge in [0.2, 0.25) is 0 Å². The molecule has 5 nitrogen and oxygen atoms in total. The lowest BCUT2D eigenvalue weighted by molar-refractivity contribution is -0.123. The van der Waals surface area contributed by atoms with Crippen molar-refractivity contribution < 1.29 is 13.9 Å². The summed E-state index contributed by atoms with van der Waals surface area (Å²) in [4.78, 5) is 16.2. The van der Waals surface area contributed by atoms with Crippen LogP contribution in [0.5, 0.6) is 5.75 Å². The summed E-state index contributed by atoms with van der Waals surface area (Å²) < 4.78 is 11.6. The summed E-state index contributed by atoms with van der Waals surface area (Å²) in [5.74, 6) is 1.65. The van der Waals surface area contributed by atoms with Crippen molar-refractivity contribution in [2.24, 2.45) is 0 Å². The van der Waals surface area contributed by atoms with E-state index in [9.17, 15) is 4.79 Å². The summed E-state index contributed by atoms with van der Waals surface area (Å²) in [6.07, 6.45) is 7.88. The monoisotopic (exact) mass is 350 g/mol. The smallest absolute Gasteiger partial charge is 0.258 e. The first-order chi connectivity index (χ1) is 12.7. The number of benzene rings is 1. The number of carbonyl (C=O) groups is 1. The molecule has 0 bridgehead atoms. The van der Waals surface area contributed by atoms with Gasteiger partial charge in [0.25, 0.3) is 5.91 Å². The second kappa shape index (κ2) is 7.20. The molecule has 134 valence electrons. The number of pyridine rings is 1. The molecule has 1 atom stereocenters. The Kier molecular flexibility index (Phi) is 4.61. The van der Waals surface area contributed by atoms with Crippen LogP contribution in [0.4, 0.5) is 0 Å². The average Bonchev–Trinajstić information content (AvgIpc) is 3.05. The molecular weight excluding hydrogens is 328 g/mol. The Hall–Kier alpha value is -2.82. The molecule has 1 aromatic carbocycles. The lowest BCUT2D eigenvalue weighted by atomic mass is 9.96. The number of hydrogen-bond donors (Lipinski definition) is 1. The molecule has 1 unspecified atom stereocenters. The SMILES string of the molecule is CC(NC(=O)COc1ccc2oc3c(c2c1)CCCC3)c1ccncc1. The van der Waals surface area contributed by atoms with Gasteiger partial charge in [-0.05, 0) is 62.1 Å². The second-order valence-corrected chi connectivity index (χ2v) is 6.73. The van der Waals surface area contributed by atoms with Gasteiger partial charge in [0, 0.05) is 29.8 Å². The highest BCUT2D eigenvalue weighted by Crippen LogP contribution is 2.33. The summed E-state index contributed by atoms with van der Waals surface area (Å²) in [6, 6.07) is 9.47. The van der Waals surface area contributed by atoms with Gasteiger partial charge < -0.3 is 14.5 Å². The fourth-order valence-corrected chi connectivity index (χ4v) is 3.50. The Morgan fingerprint density at radius 1 is 1.23 bits per heavy atom. The zero-order valence-electron chi connectivity index (χ0n) is 14.8. The van der Waals surface area contributed by atoms with Gasteiger partial charge in [0.1, 0.15) is 17.1 Å². The number of furan rings is 1. The van der Waals surface area contributed by atoms with Crippen LogP contribution < -0.4 is 10.1 Å². The number of carbonyl (C=O) groups excluding carboxylic acids is 1. The van der Waals surface area contributed by atoms with E-state index in [1.165, 1.54) is 18.4 Å². The van der Waals surface area contributed by atoms with Crippen molar-refractivity contribution in [2.45, 2.75) is 38.6 Å². The third-order valence-electron chi connectivity index (χ3n) is 4.88. The molecule has 5 heteroatoms. The molecular formula is C21H22N2O3. The van der Waals surface area contributed by atoms with Crippen molar-refractivity contribution in [3.05, 3.63) is 59.6 Å². The molecule has 1 N–H and O–H groups in total. The van der Waals surface area contributed by atoms with Gasteiger partial charge in [0.15, 0.2) is 6.61 Å². The Morgan fingerprint density at radius 3 is 2.88 bits per heavy atom. The molecule has 0 radical (unpaired) electrons. The Balaban J connectivity index is 1.40. The maximum absolute atomic E-state index is 12.2. The largest absolute Gasteiger partial charge is 0.484 e. The maximum Gasteiger partial charge on any atom is 0.258 e. The van der Waals surface area contributed by atoms with Gasteiger partial charge in [-0.1, -0.05) is 0 Å². The van der Waals surface area contributed by atoms with Crippen molar-refractivity contribution in [3.8, 4) is 5.75 Å². The molecule has 0 saturated carbocycles. The van der Waals surface area contributed by atoms with Gasteiger partial charge in [-0.3, -0.25) is 9.78 Å². The number of fused-ring (bicyclic) bond motifs is 3. The lowest BCUT2D eigenvalue weighted by Gasteiger charge is -2.14. The van der Waals surface area contributed by atoms with Gasteiger partial charge in [-0.25, -0.2) is 0 Å². The van der Waals surface area contributed by atoms with Crippen LogP contribution in [0.25, 0.3) is 11.0 Å². The fraction of sp³-hybridized carbons (Fsp3) is 0.333. The van der Waals surface area contributed by atoms with Crippen LogP contribution in [0.3, 0.4) is 0 Å². The van der Waals surface area contributed by atoms with E-state index >= 15 is 0 Å². The maximum atomic E-state index is 12.2. The van der Waals surface area contributed by atoms with Gasteiger partial charge in [-0.15, -0.1) is 0 Å². The first kappa shape index (κ1) is 16.6. The molecule has 3 aromatic rings.